The minimum atomic E-state index is -0.469. The van der Waals surface area contributed by atoms with Crippen molar-refractivity contribution in [2.75, 3.05) is 79.8 Å². The molecule has 226 valence electrons. The van der Waals surface area contributed by atoms with E-state index in [0.29, 0.717) is 59.5 Å². The molecule has 0 heterocycles. The van der Waals surface area contributed by atoms with Crippen molar-refractivity contribution in [3.63, 3.8) is 0 Å². The van der Waals surface area contributed by atoms with Crippen LogP contribution in [0.4, 0.5) is 0 Å². The Labute approximate surface area is 224 Å². The molecule has 0 bridgehead atoms. The monoisotopic (exact) mass is 544 g/mol. The lowest BCUT2D eigenvalue weighted by molar-refractivity contribution is -0.105. The summed E-state index contributed by atoms with van der Waals surface area (Å²) in [7, 11) is 1.66. The molecule has 0 rings (SSSR count). The quantitative estimate of drug-likeness (QED) is 0.152. The molecule has 0 amide bonds. The summed E-state index contributed by atoms with van der Waals surface area (Å²) in [5.41, 5.74) is 0. The minimum absolute atomic E-state index is 0.00557. The first kappa shape index (κ1) is 38.7. The van der Waals surface area contributed by atoms with Crippen LogP contribution in [-0.4, -0.2) is 138 Å². The normalized spacial score (nSPS) is 17.3. The molecule has 0 aliphatic heterocycles. The molecule has 0 aliphatic rings. The minimum Gasteiger partial charge on any atom is -0.394 e. The summed E-state index contributed by atoms with van der Waals surface area (Å²) < 4.78 is 43.9. The molecule has 0 aromatic heterocycles. The Bertz CT molecular complexity index is 452. The zero-order chi connectivity index (χ0) is 28.5. The molecule has 0 fully saturated rings. The van der Waals surface area contributed by atoms with Crippen molar-refractivity contribution in [2.45, 2.75) is 91.2 Å². The van der Waals surface area contributed by atoms with E-state index in [1.54, 1.807) is 14.0 Å². The van der Waals surface area contributed by atoms with Gasteiger partial charge in [-0.05, 0) is 48.5 Å². The zero-order valence-corrected chi connectivity index (χ0v) is 24.4. The molecule has 11 heteroatoms. The second-order valence-corrected chi connectivity index (χ2v) is 9.23. The fourth-order valence-corrected chi connectivity index (χ4v) is 2.56. The van der Waals surface area contributed by atoms with Crippen LogP contribution in [0, 0.1) is 0 Å². The van der Waals surface area contributed by atoms with Crippen LogP contribution in [-0.2, 0) is 37.9 Å². The third kappa shape index (κ3) is 30.0. The largest absolute Gasteiger partial charge is 0.394 e. The van der Waals surface area contributed by atoms with E-state index in [-0.39, 0.29) is 49.8 Å². The van der Waals surface area contributed by atoms with Crippen molar-refractivity contribution < 1.29 is 53.2 Å². The molecular formula is C26H56O11. The lowest BCUT2D eigenvalue weighted by Crippen LogP contribution is -2.30. The van der Waals surface area contributed by atoms with Gasteiger partial charge in [0.2, 0.25) is 0 Å². The second kappa shape index (κ2) is 27.1. The molecule has 7 atom stereocenters. The fourth-order valence-electron chi connectivity index (χ4n) is 2.56. The highest BCUT2D eigenvalue weighted by Crippen LogP contribution is 2.04. The lowest BCUT2D eigenvalue weighted by Gasteiger charge is -2.22. The Kier molecular flexibility index (Phi) is 28.4. The predicted molar refractivity (Wildman–Crippen MR) is 141 cm³/mol. The number of hydrogen-bond acceptors (Lipinski definition) is 11. The van der Waals surface area contributed by atoms with Crippen LogP contribution in [0.2, 0.25) is 0 Å². The van der Waals surface area contributed by atoms with Gasteiger partial charge in [0.05, 0.1) is 115 Å². The summed E-state index contributed by atoms with van der Waals surface area (Å²) in [6.45, 7) is 17.5. The van der Waals surface area contributed by atoms with Gasteiger partial charge in [-0.2, -0.15) is 0 Å². The smallest absolute Gasteiger partial charge is 0.0781 e. The van der Waals surface area contributed by atoms with Crippen molar-refractivity contribution in [3.8, 4) is 0 Å². The molecule has 0 saturated heterocycles. The molecule has 0 aromatic carbocycles. The van der Waals surface area contributed by atoms with Gasteiger partial charge in [-0.1, -0.05) is 0 Å². The van der Waals surface area contributed by atoms with Gasteiger partial charge in [-0.15, -0.1) is 0 Å². The van der Waals surface area contributed by atoms with Gasteiger partial charge in [0.1, 0.15) is 0 Å². The van der Waals surface area contributed by atoms with Crippen molar-refractivity contribution >= 4 is 0 Å². The maximum Gasteiger partial charge on any atom is 0.0781 e. The molecule has 7 unspecified atom stereocenters. The third-order valence-electron chi connectivity index (χ3n) is 4.57. The summed E-state index contributed by atoms with van der Waals surface area (Å²) in [5.74, 6) is 0. The van der Waals surface area contributed by atoms with Gasteiger partial charge >= 0.3 is 0 Å². The van der Waals surface area contributed by atoms with E-state index in [0.717, 1.165) is 0 Å². The van der Waals surface area contributed by atoms with Crippen LogP contribution >= 0.6 is 0 Å². The topological polar surface area (TPSA) is 135 Å². The van der Waals surface area contributed by atoms with E-state index in [4.69, 9.17) is 43.4 Å². The van der Waals surface area contributed by atoms with Crippen LogP contribution < -0.4 is 0 Å². The van der Waals surface area contributed by atoms with Crippen LogP contribution in [0.25, 0.3) is 0 Å². The highest BCUT2D eigenvalue weighted by atomic mass is 16.6. The Morgan fingerprint density at radius 3 is 0.973 bits per heavy atom. The molecule has 0 saturated carbocycles. The maximum absolute atomic E-state index is 9.22. The molecule has 0 radical (unpaired) electrons. The van der Waals surface area contributed by atoms with E-state index in [1.807, 2.05) is 41.5 Å². The number of aliphatic hydroxyl groups is 3. The SMILES string of the molecule is COCC(C)OCC(C)OCC(C)OCC(C)OCC(C)OCC(C)OCC(C)O.OCCOCCO. The van der Waals surface area contributed by atoms with E-state index < -0.39 is 6.10 Å². The van der Waals surface area contributed by atoms with Crippen LogP contribution in [0.3, 0.4) is 0 Å². The maximum atomic E-state index is 9.22. The Balaban J connectivity index is 0. The van der Waals surface area contributed by atoms with Crippen LogP contribution in [0.5, 0.6) is 0 Å². The summed E-state index contributed by atoms with van der Waals surface area (Å²) in [4.78, 5) is 0. The molecule has 0 aromatic rings. The number of methoxy groups -OCH3 is 1. The van der Waals surface area contributed by atoms with Gasteiger partial charge in [-0.25, -0.2) is 0 Å². The standard InChI is InChI=1S/C22H46O8.C4H10O3/c1-16(23)9-25-18(3)11-27-20(5)13-29-22(7)15-30-21(6)14-28-19(4)12-26-17(2)10-24-8;5-1-3-7-4-2-6/h16-23H,9-15H2,1-8H3;5-6H,1-4H2. The summed E-state index contributed by atoms with van der Waals surface area (Å²) in [5, 5.41) is 25.4. The first-order valence-electron chi connectivity index (χ1n) is 13.2. The molecule has 3 N–H and O–H groups in total. The van der Waals surface area contributed by atoms with Gasteiger partial charge < -0.3 is 53.2 Å². The zero-order valence-electron chi connectivity index (χ0n) is 24.4. The summed E-state index contributed by atoms with van der Waals surface area (Å²) >= 11 is 0. The number of ether oxygens (including phenoxy) is 8. The summed E-state index contributed by atoms with van der Waals surface area (Å²) in [6, 6.07) is 0. The van der Waals surface area contributed by atoms with Crippen molar-refractivity contribution in [1.82, 2.24) is 0 Å². The highest BCUT2D eigenvalue weighted by molar-refractivity contribution is 4.58. The van der Waals surface area contributed by atoms with Crippen LogP contribution in [0.15, 0.2) is 0 Å². The van der Waals surface area contributed by atoms with Gasteiger partial charge in [0.15, 0.2) is 0 Å². The first-order chi connectivity index (χ1) is 17.5. The van der Waals surface area contributed by atoms with E-state index in [9.17, 15) is 5.11 Å². The second-order valence-electron chi connectivity index (χ2n) is 9.23. The van der Waals surface area contributed by atoms with E-state index in [1.165, 1.54) is 0 Å². The molecule has 37 heavy (non-hydrogen) atoms. The predicted octanol–water partition coefficient (Wildman–Crippen LogP) is 1.43. The van der Waals surface area contributed by atoms with E-state index in [2.05, 4.69) is 4.74 Å². The van der Waals surface area contributed by atoms with Crippen molar-refractivity contribution in [3.05, 3.63) is 0 Å². The molecule has 0 aliphatic carbocycles. The molecular weight excluding hydrogens is 488 g/mol. The lowest BCUT2D eigenvalue weighted by atomic mass is 10.3. The average Bonchev–Trinajstić information content (AvgIpc) is 2.86. The summed E-state index contributed by atoms with van der Waals surface area (Å²) in [6.07, 6.45) is -0.614. The third-order valence-corrected chi connectivity index (χ3v) is 4.57. The van der Waals surface area contributed by atoms with Gasteiger partial charge in [-0.3, -0.25) is 0 Å². The van der Waals surface area contributed by atoms with Crippen LogP contribution in [0.1, 0.15) is 48.5 Å². The Morgan fingerprint density at radius 1 is 0.459 bits per heavy atom. The molecule has 11 nitrogen and oxygen atoms in total. The number of aliphatic hydroxyl groups excluding tert-OH is 3. The van der Waals surface area contributed by atoms with Gasteiger partial charge in [0.25, 0.3) is 0 Å². The fraction of sp³-hybridized carbons (Fsp3) is 1.00. The Morgan fingerprint density at radius 2 is 0.730 bits per heavy atom. The Hall–Kier alpha value is -0.440. The highest BCUT2D eigenvalue weighted by Gasteiger charge is 2.13. The van der Waals surface area contributed by atoms with Crippen molar-refractivity contribution in [2.24, 2.45) is 0 Å². The molecule has 0 spiro atoms. The number of rotatable bonds is 24. The number of hydrogen-bond donors (Lipinski definition) is 3. The van der Waals surface area contributed by atoms with Gasteiger partial charge in [0, 0.05) is 7.11 Å². The van der Waals surface area contributed by atoms with E-state index >= 15 is 0 Å². The first-order valence-corrected chi connectivity index (χ1v) is 13.2. The average molecular weight is 545 g/mol. The van der Waals surface area contributed by atoms with Crippen molar-refractivity contribution in [1.29, 1.82) is 0 Å².